The van der Waals surface area contributed by atoms with Gasteiger partial charge >= 0.3 is 5.97 Å². The first-order valence-corrected chi connectivity index (χ1v) is 18.6. The summed E-state index contributed by atoms with van der Waals surface area (Å²) in [5, 5.41) is 43.3. The van der Waals surface area contributed by atoms with Gasteiger partial charge in [-0.15, -0.1) is 0 Å². The molecule has 8 atom stereocenters. The van der Waals surface area contributed by atoms with Gasteiger partial charge in [0.05, 0.1) is 12.7 Å². The zero-order valence-corrected chi connectivity index (χ0v) is 33.1. The quantitative estimate of drug-likeness (QED) is 0.0366. The van der Waals surface area contributed by atoms with Crippen molar-refractivity contribution < 1.29 is 53.7 Å². The van der Waals surface area contributed by atoms with Crippen molar-refractivity contribution in [1.29, 1.82) is 0 Å². The highest BCUT2D eigenvalue weighted by molar-refractivity contribution is 5.97. The van der Waals surface area contributed by atoms with Gasteiger partial charge in [-0.2, -0.15) is 0 Å². The van der Waals surface area contributed by atoms with Crippen molar-refractivity contribution in [1.82, 2.24) is 31.9 Å². The van der Waals surface area contributed by atoms with E-state index < -0.39 is 108 Å². The number of unbranched alkanes of at least 4 members (excludes halogenated alkanes) is 1. The Hall–Kier alpha value is -4.40. The third kappa shape index (κ3) is 19.7. The molecule has 0 saturated carbocycles. The van der Waals surface area contributed by atoms with Crippen molar-refractivity contribution in [2.24, 2.45) is 35.0 Å². The Morgan fingerprint density at radius 2 is 1.00 bits per heavy atom. The molecule has 0 rings (SSSR count). The number of aliphatic hydroxyl groups excluding tert-OH is 2. The maximum atomic E-state index is 13.8. The summed E-state index contributed by atoms with van der Waals surface area (Å²) in [7, 11) is 0. The molecule has 0 bridgehead atoms. The lowest BCUT2D eigenvalue weighted by molar-refractivity contribution is -0.143. The van der Waals surface area contributed by atoms with Gasteiger partial charge in [-0.25, -0.2) is 4.79 Å². The molecule has 0 aromatic carbocycles. The summed E-state index contributed by atoms with van der Waals surface area (Å²) in [6.45, 7) is 11.1. The molecule has 316 valence electrons. The van der Waals surface area contributed by atoms with Gasteiger partial charge in [0.15, 0.2) is 0 Å². The van der Waals surface area contributed by atoms with Crippen molar-refractivity contribution in [3.63, 3.8) is 0 Å². The van der Waals surface area contributed by atoms with E-state index in [2.05, 4.69) is 31.9 Å². The summed E-state index contributed by atoms with van der Waals surface area (Å²) in [5.74, 6) is -7.92. The van der Waals surface area contributed by atoms with E-state index in [-0.39, 0.29) is 50.5 Å². The maximum absolute atomic E-state index is 13.8. The van der Waals surface area contributed by atoms with Crippen LogP contribution >= 0.6 is 0 Å². The van der Waals surface area contributed by atoms with E-state index >= 15 is 0 Å². The molecule has 0 aliphatic heterocycles. The Kier molecular flexibility index (Phi) is 23.6. The molecule has 0 aliphatic rings. The zero-order chi connectivity index (χ0) is 42.6. The largest absolute Gasteiger partial charge is 0.480 e. The highest BCUT2D eigenvalue weighted by Crippen LogP contribution is 2.12. The van der Waals surface area contributed by atoms with Crippen LogP contribution < -0.4 is 49.1 Å². The fourth-order valence-electron chi connectivity index (χ4n) is 5.26. The number of carbonyl (C=O) groups excluding carboxylic acids is 7. The van der Waals surface area contributed by atoms with Crippen LogP contribution in [0.25, 0.3) is 0 Å². The lowest BCUT2D eigenvalue weighted by Crippen LogP contribution is -2.61. The van der Waals surface area contributed by atoms with E-state index in [4.69, 9.17) is 17.2 Å². The van der Waals surface area contributed by atoms with E-state index in [1.54, 1.807) is 27.7 Å². The average molecular weight is 788 g/mol. The first-order chi connectivity index (χ1) is 25.5. The number of primary amides is 1. The molecule has 7 amide bonds. The molecule has 0 fully saturated rings. The lowest BCUT2D eigenvalue weighted by Gasteiger charge is -2.29. The van der Waals surface area contributed by atoms with Crippen molar-refractivity contribution in [3.8, 4) is 0 Å². The maximum Gasteiger partial charge on any atom is 0.328 e. The fraction of sp³-hybridized carbons (Fsp3) is 0.771. The number of rotatable bonds is 27. The standard InChI is InChI=1S/C35H65N9O11/c1-17(2)14-23(31(50)43-25(16-45)35(54)55)41-30(49)22(11-12-26(37)47)39-29(48)21(10-8-9-13-36)40-34(53)28(19(5)6)44-32(51)24(15-18(3)4)42-33(52)27(38)20(7)46/h17-25,27-28,45-46H,8-16,36,38H2,1-7H3,(H2,37,47)(H,39,48)(H,40,53)(H,41,49)(H,42,52)(H,43,50)(H,44,51)(H,54,55)/t20-,21+,22+,23+,24+,25+,27+,28+/m1/s1. The molecule has 0 spiro atoms. The summed E-state index contributed by atoms with van der Waals surface area (Å²) in [4.78, 5) is 103. The van der Waals surface area contributed by atoms with Crippen LogP contribution in [-0.4, -0.2) is 124 Å². The molecule has 55 heavy (non-hydrogen) atoms. The Morgan fingerprint density at radius 1 is 0.582 bits per heavy atom. The Morgan fingerprint density at radius 3 is 1.42 bits per heavy atom. The van der Waals surface area contributed by atoms with Crippen molar-refractivity contribution in [3.05, 3.63) is 0 Å². The van der Waals surface area contributed by atoms with Gasteiger partial charge < -0.3 is 64.4 Å². The van der Waals surface area contributed by atoms with E-state index in [0.29, 0.717) is 12.8 Å². The van der Waals surface area contributed by atoms with Crippen LogP contribution in [0.3, 0.4) is 0 Å². The van der Waals surface area contributed by atoms with Crippen LogP contribution in [0.2, 0.25) is 0 Å². The Bertz CT molecular complexity index is 1300. The normalized spacial score (nSPS) is 15.7. The number of carbonyl (C=O) groups is 8. The molecule has 20 heteroatoms. The number of nitrogens with two attached hydrogens (primary N) is 3. The summed E-state index contributed by atoms with van der Waals surface area (Å²) in [6.07, 6.45) is -0.735. The zero-order valence-electron chi connectivity index (χ0n) is 33.1. The highest BCUT2D eigenvalue weighted by atomic mass is 16.4. The van der Waals surface area contributed by atoms with Crippen molar-refractivity contribution >= 4 is 47.3 Å². The van der Waals surface area contributed by atoms with Gasteiger partial charge in [0.2, 0.25) is 41.4 Å². The second-order valence-corrected chi connectivity index (χ2v) is 14.9. The molecular formula is C35H65N9O11. The summed E-state index contributed by atoms with van der Waals surface area (Å²) >= 11 is 0. The highest BCUT2D eigenvalue weighted by Gasteiger charge is 2.35. The summed E-state index contributed by atoms with van der Waals surface area (Å²) in [6, 6.07) is -9.27. The van der Waals surface area contributed by atoms with E-state index in [1.807, 2.05) is 13.8 Å². The van der Waals surface area contributed by atoms with Crippen molar-refractivity contribution in [2.45, 2.75) is 142 Å². The predicted molar refractivity (Wildman–Crippen MR) is 201 cm³/mol. The third-order valence-corrected chi connectivity index (χ3v) is 8.44. The number of carboxylic acids is 1. The van der Waals surface area contributed by atoms with Crippen LogP contribution in [0.1, 0.15) is 93.4 Å². The lowest BCUT2D eigenvalue weighted by atomic mass is 9.98. The first-order valence-electron chi connectivity index (χ1n) is 18.6. The minimum atomic E-state index is -1.64. The topological polar surface area (TPSA) is 347 Å². The van der Waals surface area contributed by atoms with E-state index in [0.717, 1.165) is 0 Å². The fourth-order valence-corrected chi connectivity index (χ4v) is 5.26. The van der Waals surface area contributed by atoms with Crippen LogP contribution in [-0.2, 0) is 38.4 Å². The molecule has 15 N–H and O–H groups in total. The van der Waals surface area contributed by atoms with Gasteiger partial charge in [-0.05, 0) is 69.7 Å². The summed E-state index contributed by atoms with van der Waals surface area (Å²) < 4.78 is 0. The van der Waals surface area contributed by atoms with Gasteiger partial charge in [0, 0.05) is 6.42 Å². The molecule has 0 heterocycles. The number of hydrogen-bond acceptors (Lipinski definition) is 12. The van der Waals surface area contributed by atoms with Gasteiger partial charge in [-0.1, -0.05) is 41.5 Å². The molecule has 0 aromatic heterocycles. The van der Waals surface area contributed by atoms with Gasteiger partial charge in [-0.3, -0.25) is 33.6 Å². The van der Waals surface area contributed by atoms with Crippen LogP contribution in [0.15, 0.2) is 0 Å². The van der Waals surface area contributed by atoms with Crippen molar-refractivity contribution in [2.75, 3.05) is 13.2 Å². The molecule has 0 aromatic rings. The van der Waals surface area contributed by atoms with Gasteiger partial charge in [0.1, 0.15) is 42.3 Å². The number of hydrogen-bond donors (Lipinski definition) is 12. The molecule has 0 unspecified atom stereocenters. The van der Waals surface area contributed by atoms with Crippen LogP contribution in [0.5, 0.6) is 0 Å². The smallest absolute Gasteiger partial charge is 0.328 e. The SMILES string of the molecule is CC(C)C[C@H](NC(=O)[C@H](CCC(N)=O)NC(=O)[C@H](CCCCN)NC(=O)[C@@H](NC(=O)[C@H](CC(C)C)NC(=O)[C@@H](N)[C@@H](C)O)C(C)C)C(=O)N[C@@H](CO)C(=O)O. The van der Waals surface area contributed by atoms with E-state index in [1.165, 1.54) is 6.92 Å². The monoisotopic (exact) mass is 787 g/mol. The third-order valence-electron chi connectivity index (χ3n) is 8.44. The van der Waals surface area contributed by atoms with Gasteiger partial charge in [0.25, 0.3) is 0 Å². The van der Waals surface area contributed by atoms with Crippen LogP contribution in [0.4, 0.5) is 0 Å². The molecule has 0 radical (unpaired) electrons. The second-order valence-electron chi connectivity index (χ2n) is 14.9. The Labute approximate surface area is 322 Å². The first kappa shape index (κ1) is 50.6. The predicted octanol–water partition coefficient (Wildman–Crippen LogP) is -3.18. The Balaban J connectivity index is 6.36. The number of nitrogens with one attached hydrogen (secondary N) is 6. The van der Waals surface area contributed by atoms with E-state index in [9.17, 15) is 53.7 Å². The van der Waals surface area contributed by atoms with Crippen LogP contribution in [0, 0.1) is 17.8 Å². The number of carboxylic acid groups (broad SMARTS) is 1. The number of aliphatic hydroxyl groups is 2. The summed E-state index contributed by atoms with van der Waals surface area (Å²) in [5.41, 5.74) is 16.7. The number of amides is 7. The number of aliphatic carboxylic acids is 1. The molecule has 20 nitrogen and oxygen atoms in total. The molecule has 0 saturated heterocycles. The molecular weight excluding hydrogens is 722 g/mol. The minimum absolute atomic E-state index is 0.0426. The molecule has 0 aliphatic carbocycles. The minimum Gasteiger partial charge on any atom is -0.480 e. The average Bonchev–Trinajstić information content (AvgIpc) is 3.08. The second kappa shape index (κ2) is 25.6.